The van der Waals surface area contributed by atoms with Crippen LogP contribution >= 0.6 is 0 Å². The molecule has 146 valence electrons. The van der Waals surface area contributed by atoms with Crippen LogP contribution in [0.5, 0.6) is 5.88 Å². The third kappa shape index (κ3) is 3.45. The highest BCUT2D eigenvalue weighted by molar-refractivity contribution is 5.79. The van der Waals surface area contributed by atoms with Crippen molar-refractivity contribution >= 4 is 18.1 Å². The normalized spacial score (nSPS) is 19.0. The molecule has 2 aliphatic heterocycles. The molecular weight excluding hydrogens is 375 g/mol. The molecule has 1 fully saturated rings. The van der Waals surface area contributed by atoms with Crippen LogP contribution in [0.3, 0.4) is 0 Å². The predicted molar refractivity (Wildman–Crippen MR) is 94.0 cm³/mol. The van der Waals surface area contributed by atoms with Gasteiger partial charge in [0, 0.05) is 18.7 Å². The second kappa shape index (κ2) is 7.02. The van der Waals surface area contributed by atoms with Gasteiger partial charge in [0.15, 0.2) is 5.82 Å². The van der Waals surface area contributed by atoms with Gasteiger partial charge in [-0.15, -0.1) is 0 Å². The van der Waals surface area contributed by atoms with Gasteiger partial charge in [0.2, 0.25) is 0 Å². The number of halogens is 3. The van der Waals surface area contributed by atoms with Crippen molar-refractivity contribution in [3.8, 4) is 5.88 Å². The number of nitrogens with two attached hydrogens (primary N) is 1. The average molecular weight is 391 g/mol. The standard InChI is InChI=1S/C18H16F3N5O2/c19-11-5-10(6-12(20)7-11)15-3-4-23-26(15)18(27)25-8-13(9-25)28-17-14(21)1-2-16(22)24-17/h1-2,4-7,13,15H,3,8-9H2,(H2,22,24)/t15-/m0/s1. The summed E-state index contributed by atoms with van der Waals surface area (Å²) in [6.07, 6.45) is 1.43. The van der Waals surface area contributed by atoms with Crippen molar-refractivity contribution in [3.05, 3.63) is 53.3 Å². The van der Waals surface area contributed by atoms with Gasteiger partial charge in [-0.3, -0.25) is 0 Å². The molecule has 1 aromatic heterocycles. The fraction of sp³-hybridized carbons (Fsp3) is 0.278. The van der Waals surface area contributed by atoms with E-state index in [2.05, 4.69) is 10.1 Å². The number of nitrogen functional groups attached to an aromatic ring is 1. The van der Waals surface area contributed by atoms with Gasteiger partial charge in [0.05, 0.1) is 19.1 Å². The fourth-order valence-electron chi connectivity index (χ4n) is 3.13. The summed E-state index contributed by atoms with van der Waals surface area (Å²) in [6, 6.07) is 4.58. The van der Waals surface area contributed by atoms with E-state index in [0.29, 0.717) is 12.0 Å². The van der Waals surface area contributed by atoms with E-state index in [1.807, 2.05) is 0 Å². The maximum absolute atomic E-state index is 13.7. The number of ether oxygens (including phenoxy) is 1. The number of nitrogens with zero attached hydrogens (tertiary/aromatic N) is 4. The second-order valence-electron chi connectivity index (χ2n) is 6.55. The van der Waals surface area contributed by atoms with Gasteiger partial charge < -0.3 is 15.4 Å². The summed E-state index contributed by atoms with van der Waals surface area (Å²) < 4.78 is 46.1. The van der Waals surface area contributed by atoms with Crippen molar-refractivity contribution in [3.63, 3.8) is 0 Å². The molecule has 0 spiro atoms. The Morgan fingerprint density at radius 1 is 1.14 bits per heavy atom. The van der Waals surface area contributed by atoms with Gasteiger partial charge in [-0.05, 0) is 29.8 Å². The maximum Gasteiger partial charge on any atom is 0.341 e. The Kier molecular flexibility index (Phi) is 4.54. The van der Waals surface area contributed by atoms with Crippen molar-refractivity contribution in [2.24, 2.45) is 5.10 Å². The van der Waals surface area contributed by atoms with Crippen LogP contribution in [0, 0.1) is 17.5 Å². The highest BCUT2D eigenvalue weighted by Gasteiger charge is 2.39. The van der Waals surface area contributed by atoms with Crippen molar-refractivity contribution < 1.29 is 22.7 Å². The molecule has 10 heteroatoms. The first-order valence-corrected chi connectivity index (χ1v) is 8.56. The van der Waals surface area contributed by atoms with E-state index < -0.39 is 35.6 Å². The SMILES string of the molecule is Nc1ccc(F)c(OC2CN(C(=O)N3N=CC[C@H]3c3cc(F)cc(F)c3)C2)n1. The van der Waals surface area contributed by atoms with Crippen molar-refractivity contribution in [1.29, 1.82) is 0 Å². The van der Waals surface area contributed by atoms with Crippen LogP contribution < -0.4 is 10.5 Å². The molecule has 4 rings (SSSR count). The summed E-state index contributed by atoms with van der Waals surface area (Å²) in [6.45, 7) is 0.399. The Balaban J connectivity index is 1.40. The van der Waals surface area contributed by atoms with E-state index in [4.69, 9.17) is 10.5 Å². The Labute approximate surface area is 158 Å². The molecule has 7 nitrogen and oxygen atoms in total. The van der Waals surface area contributed by atoms with Crippen LogP contribution in [0.25, 0.3) is 0 Å². The first-order valence-electron chi connectivity index (χ1n) is 8.56. The number of amides is 2. The van der Waals surface area contributed by atoms with E-state index in [0.717, 1.165) is 12.1 Å². The summed E-state index contributed by atoms with van der Waals surface area (Å²) in [7, 11) is 0. The number of hydrogen-bond donors (Lipinski definition) is 1. The largest absolute Gasteiger partial charge is 0.468 e. The molecule has 0 saturated carbocycles. The van der Waals surface area contributed by atoms with Crippen LogP contribution in [-0.2, 0) is 0 Å². The molecule has 2 amide bonds. The third-order valence-electron chi connectivity index (χ3n) is 4.53. The highest BCUT2D eigenvalue weighted by Crippen LogP contribution is 2.31. The minimum atomic E-state index is -0.719. The third-order valence-corrected chi connectivity index (χ3v) is 4.53. The van der Waals surface area contributed by atoms with Gasteiger partial charge in [-0.2, -0.15) is 10.1 Å². The summed E-state index contributed by atoms with van der Waals surface area (Å²) in [5.41, 5.74) is 5.84. The first kappa shape index (κ1) is 18.1. The van der Waals surface area contributed by atoms with Crippen LogP contribution in [0.15, 0.2) is 35.4 Å². The molecule has 0 bridgehead atoms. The molecule has 3 heterocycles. The minimum absolute atomic E-state index is 0.125. The summed E-state index contributed by atoms with van der Waals surface area (Å²) in [5, 5.41) is 5.22. The number of hydrogen-bond acceptors (Lipinski definition) is 5. The zero-order valence-electron chi connectivity index (χ0n) is 14.6. The average Bonchev–Trinajstić information content (AvgIpc) is 3.09. The van der Waals surface area contributed by atoms with Gasteiger partial charge in [-0.25, -0.2) is 23.0 Å². The predicted octanol–water partition coefficient (Wildman–Crippen LogP) is 2.70. The Morgan fingerprint density at radius 2 is 1.86 bits per heavy atom. The van der Waals surface area contributed by atoms with Crippen LogP contribution in [-0.4, -0.2) is 46.3 Å². The van der Waals surface area contributed by atoms with Crippen LogP contribution in [0.2, 0.25) is 0 Å². The van der Waals surface area contributed by atoms with Crippen molar-refractivity contribution in [1.82, 2.24) is 14.9 Å². The fourth-order valence-corrected chi connectivity index (χ4v) is 3.13. The number of hydrazone groups is 1. The lowest BCUT2D eigenvalue weighted by molar-refractivity contribution is 0.0231. The number of aromatic nitrogens is 1. The monoisotopic (exact) mass is 391 g/mol. The summed E-state index contributed by atoms with van der Waals surface area (Å²) >= 11 is 0. The van der Waals surface area contributed by atoms with Crippen molar-refractivity contribution in [2.75, 3.05) is 18.8 Å². The number of urea groups is 1. The van der Waals surface area contributed by atoms with Crippen LogP contribution in [0.1, 0.15) is 18.0 Å². The molecule has 2 N–H and O–H groups in total. The quantitative estimate of drug-likeness (QED) is 0.872. The van der Waals surface area contributed by atoms with E-state index in [-0.39, 0.29) is 24.8 Å². The number of pyridine rings is 1. The highest BCUT2D eigenvalue weighted by atomic mass is 19.1. The Hall–Kier alpha value is -3.30. The number of rotatable bonds is 3. The molecule has 2 aromatic rings. The lowest BCUT2D eigenvalue weighted by Gasteiger charge is -2.40. The summed E-state index contributed by atoms with van der Waals surface area (Å²) in [4.78, 5) is 17.9. The van der Waals surface area contributed by atoms with Gasteiger partial charge >= 0.3 is 6.03 Å². The number of anilines is 1. The zero-order valence-corrected chi connectivity index (χ0v) is 14.6. The smallest absolute Gasteiger partial charge is 0.341 e. The van der Waals surface area contributed by atoms with Gasteiger partial charge in [0.1, 0.15) is 23.6 Å². The lowest BCUT2D eigenvalue weighted by Crippen LogP contribution is -2.59. The van der Waals surface area contributed by atoms with E-state index in [1.54, 1.807) is 0 Å². The van der Waals surface area contributed by atoms with Gasteiger partial charge in [-0.1, -0.05) is 0 Å². The first-order chi connectivity index (χ1) is 13.4. The molecule has 0 radical (unpaired) electrons. The molecule has 0 unspecified atom stereocenters. The summed E-state index contributed by atoms with van der Waals surface area (Å²) in [5.74, 6) is -2.17. The number of carbonyl (C=O) groups excluding carboxylic acids is 1. The number of benzene rings is 1. The molecule has 1 aromatic carbocycles. The molecule has 0 aliphatic carbocycles. The Morgan fingerprint density at radius 3 is 2.57 bits per heavy atom. The van der Waals surface area contributed by atoms with Crippen molar-refractivity contribution in [2.45, 2.75) is 18.6 Å². The maximum atomic E-state index is 13.7. The zero-order chi connectivity index (χ0) is 19.8. The topological polar surface area (TPSA) is 84.0 Å². The molecule has 28 heavy (non-hydrogen) atoms. The van der Waals surface area contributed by atoms with Crippen LogP contribution in [0.4, 0.5) is 23.8 Å². The van der Waals surface area contributed by atoms with E-state index >= 15 is 0 Å². The molecular formula is C18H16F3N5O2. The second-order valence-corrected chi connectivity index (χ2v) is 6.55. The molecule has 1 saturated heterocycles. The van der Waals surface area contributed by atoms with Gasteiger partial charge in [0.25, 0.3) is 5.88 Å². The number of likely N-dealkylation sites (tertiary alicyclic amines) is 1. The number of carbonyl (C=O) groups is 1. The minimum Gasteiger partial charge on any atom is -0.468 e. The van der Waals surface area contributed by atoms with E-state index in [9.17, 15) is 18.0 Å². The lowest BCUT2D eigenvalue weighted by atomic mass is 10.0. The molecule has 2 aliphatic rings. The molecule has 1 atom stereocenters. The Bertz CT molecular complexity index is 929. The van der Waals surface area contributed by atoms with E-state index in [1.165, 1.54) is 34.3 Å².